The zero-order valence-electron chi connectivity index (χ0n) is 6.97. The van der Waals surface area contributed by atoms with E-state index in [4.69, 9.17) is 23.2 Å². The minimum absolute atomic E-state index is 0.173. The molecule has 0 fully saturated rings. The lowest BCUT2D eigenvalue weighted by Gasteiger charge is -2.00. The molecule has 0 aliphatic heterocycles. The van der Waals surface area contributed by atoms with E-state index in [1.165, 1.54) is 6.20 Å². The topological polar surface area (TPSA) is 118 Å². The second-order valence-electron chi connectivity index (χ2n) is 2.29. The molecule has 5 N–H and O–H groups in total. The number of rotatable bonds is 3. The van der Waals surface area contributed by atoms with Crippen molar-refractivity contribution in [2.45, 2.75) is 6.54 Å². The summed E-state index contributed by atoms with van der Waals surface area (Å²) in [6.45, 7) is -0.252. The van der Waals surface area contributed by atoms with Crippen LogP contribution in [0, 0.1) is 0 Å². The fourth-order valence-electron chi connectivity index (χ4n) is 0.724. The molecule has 1 aromatic heterocycles. The van der Waals surface area contributed by atoms with Gasteiger partial charge in [-0.25, -0.2) is 10.5 Å². The zero-order valence-corrected chi connectivity index (χ0v) is 7.78. The molecule has 0 amide bonds. The lowest BCUT2D eigenvalue weighted by molar-refractivity contribution is -0.137. The number of nitrogens with two attached hydrogens (primary N) is 1. The van der Waals surface area contributed by atoms with Crippen LogP contribution in [0.3, 0.4) is 0 Å². The molecule has 76 valence electrons. The molecule has 14 heavy (non-hydrogen) atoms. The van der Waals surface area contributed by atoms with Crippen LogP contribution < -0.4 is 16.6 Å². The normalized spacial score (nSPS) is 9.50. The molecule has 0 atom stereocenters. The van der Waals surface area contributed by atoms with Crippen LogP contribution >= 0.6 is 12.2 Å². The summed E-state index contributed by atoms with van der Waals surface area (Å²) in [5, 5.41) is 18.4. The lowest BCUT2D eigenvalue weighted by atomic mass is 10.6. The first kappa shape index (κ1) is 10.3. The van der Waals surface area contributed by atoms with E-state index in [1.807, 2.05) is 0 Å². The van der Waals surface area contributed by atoms with Gasteiger partial charge in [0.05, 0.1) is 6.20 Å². The SMILES string of the molecule is NNC(=S)Nc1cn(CC(=O)O)nn1. The van der Waals surface area contributed by atoms with Crippen molar-refractivity contribution in [1.29, 1.82) is 0 Å². The van der Waals surface area contributed by atoms with Crippen LogP contribution in [0.2, 0.25) is 0 Å². The molecule has 0 spiro atoms. The third-order valence-corrected chi connectivity index (χ3v) is 1.43. The van der Waals surface area contributed by atoms with Crippen molar-refractivity contribution in [2.75, 3.05) is 5.32 Å². The number of nitrogens with zero attached hydrogens (tertiary/aromatic N) is 3. The molecule has 0 saturated carbocycles. The van der Waals surface area contributed by atoms with Crippen LogP contribution in [0.5, 0.6) is 0 Å². The number of hydrazine groups is 1. The molecule has 1 aromatic rings. The molecule has 1 rings (SSSR count). The molecule has 1 heterocycles. The van der Waals surface area contributed by atoms with Crippen molar-refractivity contribution in [2.24, 2.45) is 5.84 Å². The van der Waals surface area contributed by atoms with Gasteiger partial charge >= 0.3 is 5.97 Å². The van der Waals surface area contributed by atoms with Crippen molar-refractivity contribution >= 4 is 29.1 Å². The summed E-state index contributed by atoms with van der Waals surface area (Å²) in [4.78, 5) is 10.3. The Kier molecular flexibility index (Phi) is 3.31. The highest BCUT2D eigenvalue weighted by Crippen LogP contribution is 1.98. The van der Waals surface area contributed by atoms with Crippen LogP contribution in [0.1, 0.15) is 0 Å². The number of aromatic nitrogens is 3. The van der Waals surface area contributed by atoms with E-state index in [0.717, 1.165) is 4.68 Å². The zero-order chi connectivity index (χ0) is 10.6. The van der Waals surface area contributed by atoms with E-state index >= 15 is 0 Å². The van der Waals surface area contributed by atoms with Gasteiger partial charge in [0.2, 0.25) is 0 Å². The van der Waals surface area contributed by atoms with Gasteiger partial charge < -0.3 is 15.8 Å². The van der Waals surface area contributed by atoms with E-state index < -0.39 is 5.97 Å². The Morgan fingerprint density at radius 1 is 1.79 bits per heavy atom. The van der Waals surface area contributed by atoms with Gasteiger partial charge in [0, 0.05) is 0 Å². The number of carboxylic acids is 1. The highest BCUT2D eigenvalue weighted by atomic mass is 32.1. The van der Waals surface area contributed by atoms with Crippen LogP contribution in [0.25, 0.3) is 0 Å². The molecule has 0 aliphatic rings. The Labute approximate surface area is 84.0 Å². The molecule has 0 bridgehead atoms. The Balaban J connectivity index is 2.59. The number of hydrogen-bond donors (Lipinski definition) is 4. The summed E-state index contributed by atoms with van der Waals surface area (Å²) in [7, 11) is 0. The molecule has 8 nitrogen and oxygen atoms in total. The summed E-state index contributed by atoms with van der Waals surface area (Å²) < 4.78 is 1.16. The van der Waals surface area contributed by atoms with Gasteiger partial charge in [0.25, 0.3) is 0 Å². The van der Waals surface area contributed by atoms with Gasteiger partial charge in [-0.3, -0.25) is 4.79 Å². The van der Waals surface area contributed by atoms with Gasteiger partial charge in [-0.2, -0.15) is 0 Å². The number of carbonyl (C=O) groups is 1. The quantitative estimate of drug-likeness (QED) is 0.274. The highest BCUT2D eigenvalue weighted by Gasteiger charge is 2.04. The van der Waals surface area contributed by atoms with Crippen molar-refractivity contribution in [3.8, 4) is 0 Å². The minimum atomic E-state index is -0.999. The standard InChI is InChI=1S/C5H8N6O2S/c6-8-5(14)7-3-1-11(10-9-3)2-4(12)13/h1H,2,6H2,(H,12,13)(H2,7,8,14). The van der Waals surface area contributed by atoms with Crippen molar-refractivity contribution in [3.63, 3.8) is 0 Å². The summed E-state index contributed by atoms with van der Waals surface area (Å²) in [6.07, 6.45) is 1.40. The largest absolute Gasteiger partial charge is 0.480 e. The van der Waals surface area contributed by atoms with E-state index in [0.29, 0.717) is 5.82 Å². The first-order valence-corrected chi connectivity index (χ1v) is 3.92. The summed E-state index contributed by atoms with van der Waals surface area (Å²) in [5.41, 5.74) is 2.19. The van der Waals surface area contributed by atoms with Crippen molar-refractivity contribution < 1.29 is 9.90 Å². The first-order valence-electron chi connectivity index (χ1n) is 3.51. The summed E-state index contributed by atoms with van der Waals surface area (Å²) in [6, 6.07) is 0. The smallest absolute Gasteiger partial charge is 0.325 e. The molecular formula is C5H8N6O2S. The Hall–Kier alpha value is -1.74. The number of aliphatic carboxylic acids is 1. The molecule has 0 aliphatic carbocycles. The predicted octanol–water partition coefficient (Wildman–Crippen LogP) is -1.48. The van der Waals surface area contributed by atoms with Crippen molar-refractivity contribution in [3.05, 3.63) is 6.20 Å². The van der Waals surface area contributed by atoms with Crippen LogP contribution in [-0.4, -0.2) is 31.2 Å². The van der Waals surface area contributed by atoms with Gasteiger partial charge in [-0.05, 0) is 12.2 Å². The minimum Gasteiger partial charge on any atom is -0.480 e. The van der Waals surface area contributed by atoms with Crippen LogP contribution in [-0.2, 0) is 11.3 Å². The second kappa shape index (κ2) is 4.48. The number of thiocarbonyl (C=S) groups is 1. The average molecular weight is 216 g/mol. The average Bonchev–Trinajstić information content (AvgIpc) is 2.51. The molecule has 0 radical (unpaired) electrons. The summed E-state index contributed by atoms with van der Waals surface area (Å²) in [5.74, 6) is 4.33. The fraction of sp³-hybridized carbons (Fsp3) is 0.200. The monoisotopic (exact) mass is 216 g/mol. The van der Waals surface area contributed by atoms with E-state index in [2.05, 4.69) is 21.1 Å². The van der Waals surface area contributed by atoms with Gasteiger partial charge in [-0.15, -0.1) is 5.10 Å². The first-order chi connectivity index (χ1) is 6.61. The third kappa shape index (κ3) is 2.95. The molecule has 9 heteroatoms. The van der Waals surface area contributed by atoms with Gasteiger partial charge in [0.1, 0.15) is 6.54 Å². The van der Waals surface area contributed by atoms with E-state index in [9.17, 15) is 4.79 Å². The Bertz CT molecular complexity index is 350. The van der Waals surface area contributed by atoms with Crippen LogP contribution in [0.15, 0.2) is 6.20 Å². The number of hydrogen-bond acceptors (Lipinski definition) is 5. The molecule has 0 saturated heterocycles. The molecule has 0 aromatic carbocycles. The number of carboxylic acid groups (broad SMARTS) is 1. The van der Waals surface area contributed by atoms with Gasteiger partial charge in [0.15, 0.2) is 10.9 Å². The number of anilines is 1. The van der Waals surface area contributed by atoms with E-state index in [1.54, 1.807) is 0 Å². The van der Waals surface area contributed by atoms with Crippen molar-refractivity contribution in [1.82, 2.24) is 20.4 Å². The van der Waals surface area contributed by atoms with E-state index in [-0.39, 0.29) is 11.7 Å². The van der Waals surface area contributed by atoms with Crippen LogP contribution in [0.4, 0.5) is 5.82 Å². The maximum atomic E-state index is 10.3. The summed E-state index contributed by atoms with van der Waals surface area (Å²) >= 11 is 4.69. The second-order valence-corrected chi connectivity index (χ2v) is 2.70. The Morgan fingerprint density at radius 2 is 2.50 bits per heavy atom. The molecule has 0 unspecified atom stereocenters. The molecular weight excluding hydrogens is 208 g/mol. The fourth-order valence-corrected chi connectivity index (χ4v) is 0.829. The number of nitrogens with one attached hydrogen (secondary N) is 2. The Morgan fingerprint density at radius 3 is 3.07 bits per heavy atom. The maximum Gasteiger partial charge on any atom is 0.325 e. The predicted molar refractivity (Wildman–Crippen MR) is 51.2 cm³/mol. The lowest BCUT2D eigenvalue weighted by Crippen LogP contribution is -2.34. The van der Waals surface area contributed by atoms with Gasteiger partial charge in [-0.1, -0.05) is 5.21 Å². The third-order valence-electron chi connectivity index (χ3n) is 1.21. The maximum absolute atomic E-state index is 10.3. The highest BCUT2D eigenvalue weighted by molar-refractivity contribution is 7.80.